The lowest BCUT2D eigenvalue weighted by molar-refractivity contribution is -0.137. The van der Waals surface area contributed by atoms with E-state index in [-0.39, 0.29) is 0 Å². The normalized spacial score (nSPS) is 11.3. The van der Waals surface area contributed by atoms with Crippen LogP contribution in [0.15, 0.2) is 54.7 Å². The minimum atomic E-state index is -4.37. The molecule has 26 heavy (non-hydrogen) atoms. The molecule has 4 nitrogen and oxygen atoms in total. The van der Waals surface area contributed by atoms with Crippen LogP contribution in [-0.4, -0.2) is 17.0 Å². The first-order valence-corrected chi connectivity index (χ1v) is 7.93. The Labute approximate surface area is 149 Å². The van der Waals surface area contributed by atoms with Gasteiger partial charge in [-0.25, -0.2) is 4.98 Å². The SMILES string of the molecule is CNc1ncc(C)c(Nc2cccc(-c3cccc(C(F)(F)F)c3)c2)n1. The molecule has 0 atom stereocenters. The van der Waals surface area contributed by atoms with Crippen LogP contribution >= 0.6 is 0 Å². The number of aryl methyl sites for hydroxylation is 1. The molecule has 1 heterocycles. The third-order valence-electron chi connectivity index (χ3n) is 3.84. The number of benzene rings is 2. The zero-order chi connectivity index (χ0) is 18.7. The molecule has 2 aromatic carbocycles. The highest BCUT2D eigenvalue weighted by atomic mass is 19.4. The molecule has 0 bridgehead atoms. The minimum absolute atomic E-state index is 0.479. The number of halogens is 3. The van der Waals surface area contributed by atoms with Crippen LogP contribution in [0.3, 0.4) is 0 Å². The molecular formula is C19H17F3N4. The van der Waals surface area contributed by atoms with Crippen molar-refractivity contribution in [2.75, 3.05) is 17.7 Å². The number of alkyl halides is 3. The Morgan fingerprint density at radius 2 is 1.65 bits per heavy atom. The van der Waals surface area contributed by atoms with Gasteiger partial charge in [-0.1, -0.05) is 24.3 Å². The van der Waals surface area contributed by atoms with Gasteiger partial charge in [-0.2, -0.15) is 18.2 Å². The summed E-state index contributed by atoms with van der Waals surface area (Å²) in [5.41, 5.74) is 2.09. The van der Waals surface area contributed by atoms with Crippen LogP contribution in [0.2, 0.25) is 0 Å². The smallest absolute Gasteiger partial charge is 0.357 e. The highest BCUT2D eigenvalue weighted by Gasteiger charge is 2.30. The van der Waals surface area contributed by atoms with Crippen LogP contribution < -0.4 is 10.6 Å². The number of nitrogens with zero attached hydrogens (tertiary/aromatic N) is 2. The van der Waals surface area contributed by atoms with Gasteiger partial charge in [0.05, 0.1) is 5.56 Å². The van der Waals surface area contributed by atoms with Crippen molar-refractivity contribution in [1.82, 2.24) is 9.97 Å². The van der Waals surface area contributed by atoms with Gasteiger partial charge in [-0.3, -0.25) is 0 Å². The lowest BCUT2D eigenvalue weighted by Crippen LogP contribution is -2.04. The van der Waals surface area contributed by atoms with Crippen molar-refractivity contribution in [2.24, 2.45) is 0 Å². The Bertz CT molecular complexity index is 923. The number of aromatic nitrogens is 2. The highest BCUT2D eigenvalue weighted by Crippen LogP contribution is 2.33. The lowest BCUT2D eigenvalue weighted by Gasteiger charge is -2.12. The first-order valence-electron chi connectivity index (χ1n) is 7.93. The maximum atomic E-state index is 12.9. The third kappa shape index (κ3) is 3.93. The Kier molecular flexibility index (Phi) is 4.79. The van der Waals surface area contributed by atoms with Crippen LogP contribution in [0, 0.1) is 6.92 Å². The molecule has 0 saturated carbocycles. The predicted octanol–water partition coefficient (Wildman–Crippen LogP) is 5.26. The molecule has 2 N–H and O–H groups in total. The summed E-state index contributed by atoms with van der Waals surface area (Å²) in [5, 5.41) is 6.06. The van der Waals surface area contributed by atoms with Crippen LogP contribution in [-0.2, 0) is 6.18 Å². The first kappa shape index (κ1) is 17.7. The van der Waals surface area contributed by atoms with Crippen molar-refractivity contribution >= 4 is 17.5 Å². The van der Waals surface area contributed by atoms with E-state index in [2.05, 4.69) is 20.6 Å². The van der Waals surface area contributed by atoms with Gasteiger partial charge in [0.25, 0.3) is 0 Å². The molecule has 0 aliphatic carbocycles. The van der Waals surface area contributed by atoms with Crippen molar-refractivity contribution in [3.05, 3.63) is 65.9 Å². The van der Waals surface area contributed by atoms with Crippen LogP contribution in [0.25, 0.3) is 11.1 Å². The third-order valence-corrected chi connectivity index (χ3v) is 3.84. The van der Waals surface area contributed by atoms with Crippen molar-refractivity contribution in [2.45, 2.75) is 13.1 Å². The summed E-state index contributed by atoms with van der Waals surface area (Å²) >= 11 is 0. The first-order chi connectivity index (χ1) is 12.4. The van der Waals surface area contributed by atoms with Crippen LogP contribution in [0.1, 0.15) is 11.1 Å². The van der Waals surface area contributed by atoms with E-state index in [9.17, 15) is 13.2 Å². The molecule has 1 aromatic heterocycles. The van der Waals surface area contributed by atoms with Gasteiger partial charge in [0.1, 0.15) is 5.82 Å². The van der Waals surface area contributed by atoms with E-state index < -0.39 is 11.7 Å². The highest BCUT2D eigenvalue weighted by molar-refractivity contribution is 5.71. The predicted molar refractivity (Wildman–Crippen MR) is 96.5 cm³/mol. The summed E-state index contributed by atoms with van der Waals surface area (Å²) in [7, 11) is 1.72. The number of nitrogens with one attached hydrogen (secondary N) is 2. The molecule has 3 aromatic rings. The summed E-state index contributed by atoms with van der Waals surface area (Å²) in [5.74, 6) is 1.11. The summed E-state index contributed by atoms with van der Waals surface area (Å²) in [6.45, 7) is 1.87. The monoisotopic (exact) mass is 358 g/mol. The summed E-state index contributed by atoms with van der Waals surface area (Å²) < 4.78 is 38.8. The summed E-state index contributed by atoms with van der Waals surface area (Å²) in [4.78, 5) is 8.48. The molecule has 0 radical (unpaired) electrons. The Balaban J connectivity index is 1.92. The van der Waals surface area contributed by atoms with Crippen molar-refractivity contribution < 1.29 is 13.2 Å². The second-order valence-electron chi connectivity index (χ2n) is 5.76. The second kappa shape index (κ2) is 7.03. The molecule has 0 aliphatic heterocycles. The summed E-state index contributed by atoms with van der Waals surface area (Å²) in [6, 6.07) is 12.5. The average Bonchev–Trinajstić information content (AvgIpc) is 2.63. The second-order valence-corrected chi connectivity index (χ2v) is 5.76. The van der Waals surface area contributed by atoms with Gasteiger partial charge in [-0.05, 0) is 42.3 Å². The standard InChI is InChI=1S/C19H17F3N4/c1-12-11-24-18(23-2)26-17(12)25-16-8-4-6-14(10-16)13-5-3-7-15(9-13)19(20,21)22/h3-11H,1-2H3,(H2,23,24,25,26). The Hall–Kier alpha value is -3.09. The fourth-order valence-electron chi connectivity index (χ4n) is 2.48. The fraction of sp³-hybridized carbons (Fsp3) is 0.158. The van der Waals surface area contributed by atoms with Crippen LogP contribution in [0.5, 0.6) is 0 Å². The molecule has 7 heteroatoms. The zero-order valence-corrected chi connectivity index (χ0v) is 14.2. The van der Waals surface area contributed by atoms with Gasteiger partial charge >= 0.3 is 6.18 Å². The van der Waals surface area contributed by atoms with E-state index in [0.29, 0.717) is 22.9 Å². The lowest BCUT2D eigenvalue weighted by atomic mass is 10.0. The number of rotatable bonds is 4. The number of anilines is 3. The van der Waals surface area contributed by atoms with E-state index in [0.717, 1.165) is 23.4 Å². The molecule has 134 valence electrons. The molecule has 0 unspecified atom stereocenters. The minimum Gasteiger partial charge on any atom is -0.357 e. The Morgan fingerprint density at radius 3 is 2.35 bits per heavy atom. The van der Waals surface area contributed by atoms with E-state index in [1.165, 1.54) is 6.07 Å². The van der Waals surface area contributed by atoms with Gasteiger partial charge < -0.3 is 10.6 Å². The van der Waals surface area contributed by atoms with E-state index in [4.69, 9.17) is 0 Å². The maximum absolute atomic E-state index is 12.9. The van der Waals surface area contributed by atoms with Crippen molar-refractivity contribution in [3.8, 4) is 11.1 Å². The van der Waals surface area contributed by atoms with Crippen molar-refractivity contribution in [1.29, 1.82) is 0 Å². The van der Waals surface area contributed by atoms with Gasteiger partial charge in [0.2, 0.25) is 5.95 Å². The molecule has 0 saturated heterocycles. The molecule has 0 aliphatic rings. The van der Waals surface area contributed by atoms with Crippen molar-refractivity contribution in [3.63, 3.8) is 0 Å². The molecule has 3 rings (SSSR count). The molecule has 0 fully saturated rings. The number of hydrogen-bond acceptors (Lipinski definition) is 4. The quantitative estimate of drug-likeness (QED) is 0.668. The molecule has 0 amide bonds. The van der Waals surface area contributed by atoms with Crippen LogP contribution in [0.4, 0.5) is 30.6 Å². The fourth-order valence-corrected chi connectivity index (χ4v) is 2.48. The van der Waals surface area contributed by atoms with Gasteiger partial charge in [0.15, 0.2) is 0 Å². The van der Waals surface area contributed by atoms with E-state index in [1.807, 2.05) is 13.0 Å². The van der Waals surface area contributed by atoms with E-state index in [1.54, 1.807) is 37.5 Å². The zero-order valence-electron chi connectivity index (χ0n) is 14.2. The maximum Gasteiger partial charge on any atom is 0.416 e. The average molecular weight is 358 g/mol. The topological polar surface area (TPSA) is 49.8 Å². The van der Waals surface area contributed by atoms with E-state index >= 15 is 0 Å². The number of hydrogen-bond donors (Lipinski definition) is 2. The molecular weight excluding hydrogens is 341 g/mol. The largest absolute Gasteiger partial charge is 0.416 e. The summed E-state index contributed by atoms with van der Waals surface area (Å²) in [6.07, 6.45) is -2.68. The van der Waals surface area contributed by atoms with Gasteiger partial charge in [-0.15, -0.1) is 0 Å². The van der Waals surface area contributed by atoms with Gasteiger partial charge in [0, 0.05) is 24.5 Å². The Morgan fingerprint density at radius 1 is 0.962 bits per heavy atom. The molecule has 0 spiro atoms.